The Morgan fingerprint density at radius 3 is 2.41 bits per heavy atom. The second-order valence-electron chi connectivity index (χ2n) is 8.58. The van der Waals surface area contributed by atoms with Gasteiger partial charge in [0, 0.05) is 37.6 Å². The Morgan fingerprint density at radius 1 is 0.969 bits per heavy atom. The molecule has 2 fully saturated rings. The SMILES string of the molecule is CC1CCN(c2ccc(NC(=O)Nc3cccc(Cl)c3Cl)cc2C(=O)N2CCCC2)CC1. The molecular weight excluding hydrogens is 447 g/mol. The summed E-state index contributed by atoms with van der Waals surface area (Å²) in [6.45, 7) is 5.69. The molecule has 0 aromatic heterocycles. The van der Waals surface area contributed by atoms with Crippen LogP contribution < -0.4 is 15.5 Å². The van der Waals surface area contributed by atoms with Crippen LogP contribution in [-0.4, -0.2) is 43.0 Å². The Labute approximate surface area is 198 Å². The van der Waals surface area contributed by atoms with E-state index in [1.54, 1.807) is 24.3 Å². The summed E-state index contributed by atoms with van der Waals surface area (Å²) in [7, 11) is 0. The maximum Gasteiger partial charge on any atom is 0.323 e. The number of likely N-dealkylation sites (tertiary alicyclic amines) is 1. The molecule has 2 aliphatic rings. The second-order valence-corrected chi connectivity index (χ2v) is 9.37. The lowest BCUT2D eigenvalue weighted by molar-refractivity contribution is 0.0793. The van der Waals surface area contributed by atoms with Crippen molar-refractivity contribution in [1.82, 2.24) is 4.90 Å². The third-order valence-electron chi connectivity index (χ3n) is 6.20. The van der Waals surface area contributed by atoms with Crippen LogP contribution in [0.5, 0.6) is 0 Å². The molecule has 2 aliphatic heterocycles. The van der Waals surface area contributed by atoms with Gasteiger partial charge in [-0.15, -0.1) is 0 Å². The van der Waals surface area contributed by atoms with E-state index in [4.69, 9.17) is 23.2 Å². The van der Waals surface area contributed by atoms with Gasteiger partial charge in [-0.05, 0) is 61.9 Å². The van der Waals surface area contributed by atoms with E-state index in [1.807, 2.05) is 17.0 Å². The Morgan fingerprint density at radius 2 is 1.69 bits per heavy atom. The van der Waals surface area contributed by atoms with Gasteiger partial charge in [-0.2, -0.15) is 0 Å². The lowest BCUT2D eigenvalue weighted by atomic mass is 9.97. The van der Waals surface area contributed by atoms with Crippen molar-refractivity contribution < 1.29 is 9.59 Å². The molecule has 0 saturated carbocycles. The molecule has 0 atom stereocenters. The third-order valence-corrected chi connectivity index (χ3v) is 7.02. The molecule has 0 spiro atoms. The summed E-state index contributed by atoms with van der Waals surface area (Å²) in [6, 6.07) is 10.2. The normalized spacial score (nSPS) is 16.8. The molecule has 2 aromatic rings. The van der Waals surface area contributed by atoms with Crippen LogP contribution in [0.1, 0.15) is 43.0 Å². The van der Waals surface area contributed by atoms with Crippen molar-refractivity contribution >= 4 is 52.2 Å². The Hall–Kier alpha value is -2.44. The van der Waals surface area contributed by atoms with Crippen LogP contribution in [0.2, 0.25) is 10.0 Å². The standard InChI is InChI=1S/C24H28Cl2N4O2/c1-16-9-13-29(14-10-16)21-8-7-17(15-18(21)23(31)30-11-2-3-12-30)27-24(32)28-20-6-4-5-19(25)22(20)26/h4-8,15-16H,2-3,9-14H2,1H3,(H2,27,28,32). The molecule has 6 nitrogen and oxygen atoms in total. The van der Waals surface area contributed by atoms with Crippen LogP contribution in [0, 0.1) is 5.92 Å². The van der Waals surface area contributed by atoms with Crippen molar-refractivity contribution in [1.29, 1.82) is 0 Å². The van der Waals surface area contributed by atoms with Crippen molar-refractivity contribution in [3.8, 4) is 0 Å². The number of piperidine rings is 1. The van der Waals surface area contributed by atoms with Crippen LogP contribution >= 0.6 is 23.2 Å². The molecule has 2 heterocycles. The van der Waals surface area contributed by atoms with E-state index in [0.717, 1.165) is 57.5 Å². The number of benzene rings is 2. The molecule has 0 unspecified atom stereocenters. The van der Waals surface area contributed by atoms with E-state index in [1.165, 1.54) is 0 Å². The molecule has 2 saturated heterocycles. The maximum absolute atomic E-state index is 13.3. The lowest BCUT2D eigenvalue weighted by Crippen LogP contribution is -2.35. The average Bonchev–Trinajstić information content (AvgIpc) is 3.32. The molecule has 4 rings (SSSR count). The highest BCUT2D eigenvalue weighted by atomic mass is 35.5. The van der Waals surface area contributed by atoms with Crippen molar-refractivity contribution in [2.24, 2.45) is 5.92 Å². The first kappa shape index (κ1) is 22.7. The number of carbonyl (C=O) groups is 2. The zero-order valence-electron chi connectivity index (χ0n) is 18.2. The van der Waals surface area contributed by atoms with Gasteiger partial charge in [0.1, 0.15) is 0 Å². The minimum atomic E-state index is -0.451. The molecule has 0 aliphatic carbocycles. The number of carbonyl (C=O) groups excluding carboxylic acids is 2. The largest absolute Gasteiger partial charge is 0.371 e. The van der Waals surface area contributed by atoms with Crippen LogP contribution in [0.4, 0.5) is 21.9 Å². The average molecular weight is 475 g/mol. The Balaban J connectivity index is 1.56. The highest BCUT2D eigenvalue weighted by Gasteiger charge is 2.26. The number of nitrogens with one attached hydrogen (secondary N) is 2. The smallest absolute Gasteiger partial charge is 0.323 e. The highest BCUT2D eigenvalue weighted by molar-refractivity contribution is 6.44. The number of halogens is 2. The van der Waals surface area contributed by atoms with Gasteiger partial charge in [-0.3, -0.25) is 4.79 Å². The second kappa shape index (κ2) is 10.0. The summed E-state index contributed by atoms with van der Waals surface area (Å²) < 4.78 is 0. The minimum absolute atomic E-state index is 0.0260. The van der Waals surface area contributed by atoms with E-state index < -0.39 is 6.03 Å². The van der Waals surface area contributed by atoms with Crippen LogP contribution in [-0.2, 0) is 0 Å². The Kier molecular flexibility index (Phi) is 7.11. The molecule has 2 N–H and O–H groups in total. The van der Waals surface area contributed by atoms with E-state index in [2.05, 4.69) is 22.5 Å². The highest BCUT2D eigenvalue weighted by Crippen LogP contribution is 2.32. The van der Waals surface area contributed by atoms with Crippen LogP contribution in [0.3, 0.4) is 0 Å². The topological polar surface area (TPSA) is 64.7 Å². The number of urea groups is 1. The first-order chi connectivity index (χ1) is 15.4. The molecule has 2 aromatic carbocycles. The molecule has 8 heteroatoms. The van der Waals surface area contributed by atoms with E-state index in [-0.39, 0.29) is 10.9 Å². The quantitative estimate of drug-likeness (QED) is 0.561. The van der Waals surface area contributed by atoms with Gasteiger partial charge in [0.15, 0.2) is 0 Å². The molecular formula is C24H28Cl2N4O2. The van der Waals surface area contributed by atoms with Crippen molar-refractivity contribution in [2.45, 2.75) is 32.6 Å². The summed E-state index contributed by atoms with van der Waals surface area (Å²) >= 11 is 12.2. The van der Waals surface area contributed by atoms with Gasteiger partial charge in [0.2, 0.25) is 0 Å². The number of hydrogen-bond donors (Lipinski definition) is 2. The molecule has 0 radical (unpaired) electrons. The predicted molar refractivity (Wildman–Crippen MR) is 131 cm³/mol. The first-order valence-corrected chi connectivity index (χ1v) is 11.9. The third kappa shape index (κ3) is 5.13. The fourth-order valence-corrected chi connectivity index (χ4v) is 4.63. The zero-order chi connectivity index (χ0) is 22.7. The van der Waals surface area contributed by atoms with Gasteiger partial charge in [0.25, 0.3) is 5.91 Å². The number of rotatable bonds is 4. The summed E-state index contributed by atoms with van der Waals surface area (Å²) in [6.07, 6.45) is 4.28. The summed E-state index contributed by atoms with van der Waals surface area (Å²) in [5.74, 6) is 0.727. The van der Waals surface area contributed by atoms with Crippen molar-refractivity contribution in [3.05, 3.63) is 52.0 Å². The van der Waals surface area contributed by atoms with Gasteiger partial charge in [-0.1, -0.05) is 36.2 Å². The molecule has 0 bridgehead atoms. The zero-order valence-corrected chi connectivity index (χ0v) is 19.7. The number of nitrogens with zero attached hydrogens (tertiary/aromatic N) is 2. The molecule has 3 amide bonds. The fraction of sp³-hybridized carbons (Fsp3) is 0.417. The number of amides is 3. The maximum atomic E-state index is 13.3. The van der Waals surface area contributed by atoms with Crippen molar-refractivity contribution in [2.75, 3.05) is 41.7 Å². The molecule has 32 heavy (non-hydrogen) atoms. The van der Waals surface area contributed by atoms with E-state index in [9.17, 15) is 9.59 Å². The summed E-state index contributed by atoms with van der Waals surface area (Å²) in [4.78, 5) is 30.1. The van der Waals surface area contributed by atoms with Gasteiger partial charge < -0.3 is 20.4 Å². The number of anilines is 3. The Bertz CT molecular complexity index is 999. The lowest BCUT2D eigenvalue weighted by Gasteiger charge is -2.34. The number of hydrogen-bond acceptors (Lipinski definition) is 3. The molecule has 170 valence electrons. The van der Waals surface area contributed by atoms with Gasteiger partial charge >= 0.3 is 6.03 Å². The van der Waals surface area contributed by atoms with Crippen LogP contribution in [0.25, 0.3) is 0 Å². The summed E-state index contributed by atoms with van der Waals surface area (Å²) in [5.41, 5.74) is 2.55. The van der Waals surface area contributed by atoms with Gasteiger partial charge in [-0.25, -0.2) is 4.79 Å². The summed E-state index contributed by atoms with van der Waals surface area (Å²) in [5, 5.41) is 6.18. The van der Waals surface area contributed by atoms with Gasteiger partial charge in [0.05, 0.1) is 21.3 Å². The first-order valence-electron chi connectivity index (χ1n) is 11.1. The van der Waals surface area contributed by atoms with E-state index >= 15 is 0 Å². The van der Waals surface area contributed by atoms with Crippen molar-refractivity contribution in [3.63, 3.8) is 0 Å². The fourth-order valence-electron chi connectivity index (χ4n) is 4.29. The van der Waals surface area contributed by atoms with Crippen LogP contribution in [0.15, 0.2) is 36.4 Å². The predicted octanol–water partition coefficient (Wildman–Crippen LogP) is 6.11. The van der Waals surface area contributed by atoms with E-state index in [0.29, 0.717) is 27.9 Å². The monoisotopic (exact) mass is 474 g/mol. The minimum Gasteiger partial charge on any atom is -0.371 e.